The van der Waals surface area contributed by atoms with E-state index in [2.05, 4.69) is 11.1 Å². The number of hydrogen-bond acceptors (Lipinski definition) is 3. The standard InChI is InChI=1S/C22H22N2O3/c1-27-18-10-8-16-13-17(22(26)23-19(16)14-18)9-11-21(25)24-12-4-6-15-5-2-3-7-20(15)24/h2-3,5,7-8,10,13-14H,4,6,9,11-12H2,1H3,(H,23,26). The van der Waals surface area contributed by atoms with Gasteiger partial charge in [0.05, 0.1) is 12.6 Å². The van der Waals surface area contributed by atoms with Crippen LogP contribution in [0, 0.1) is 0 Å². The SMILES string of the molecule is COc1ccc2cc(CCC(=O)N3CCCc4ccccc43)c(=O)[nH]c2c1. The summed E-state index contributed by atoms with van der Waals surface area (Å²) in [6.45, 7) is 0.740. The first-order chi connectivity index (χ1) is 13.2. The Morgan fingerprint density at radius 2 is 2.04 bits per heavy atom. The van der Waals surface area contributed by atoms with Crippen LogP contribution in [0.3, 0.4) is 0 Å². The summed E-state index contributed by atoms with van der Waals surface area (Å²) in [5.41, 5.74) is 3.44. The summed E-state index contributed by atoms with van der Waals surface area (Å²) in [4.78, 5) is 29.9. The highest BCUT2D eigenvalue weighted by Gasteiger charge is 2.22. The van der Waals surface area contributed by atoms with Gasteiger partial charge in [0, 0.05) is 30.3 Å². The second kappa shape index (κ2) is 7.27. The lowest BCUT2D eigenvalue weighted by atomic mass is 10.0. The quantitative estimate of drug-likeness (QED) is 0.773. The molecule has 1 aromatic heterocycles. The van der Waals surface area contributed by atoms with Crippen molar-refractivity contribution in [2.24, 2.45) is 0 Å². The maximum absolute atomic E-state index is 12.8. The number of anilines is 1. The van der Waals surface area contributed by atoms with Gasteiger partial charge in [-0.1, -0.05) is 18.2 Å². The number of methoxy groups -OCH3 is 1. The van der Waals surface area contributed by atoms with Gasteiger partial charge in [-0.05, 0) is 54.5 Å². The Morgan fingerprint density at radius 1 is 1.19 bits per heavy atom. The number of fused-ring (bicyclic) bond motifs is 2. The largest absolute Gasteiger partial charge is 0.497 e. The molecule has 0 radical (unpaired) electrons. The molecule has 2 aromatic carbocycles. The topological polar surface area (TPSA) is 62.4 Å². The van der Waals surface area contributed by atoms with Crippen LogP contribution in [0.25, 0.3) is 10.9 Å². The molecule has 1 amide bonds. The zero-order chi connectivity index (χ0) is 18.8. The second-order valence-corrected chi connectivity index (χ2v) is 6.85. The van der Waals surface area contributed by atoms with Gasteiger partial charge in [-0.15, -0.1) is 0 Å². The molecule has 4 rings (SSSR count). The fourth-order valence-electron chi connectivity index (χ4n) is 3.71. The zero-order valence-electron chi connectivity index (χ0n) is 15.3. The zero-order valence-corrected chi connectivity index (χ0v) is 15.3. The summed E-state index contributed by atoms with van der Waals surface area (Å²) in [5, 5.41) is 0.932. The molecule has 0 saturated heterocycles. The number of rotatable bonds is 4. The van der Waals surface area contributed by atoms with Crippen LogP contribution >= 0.6 is 0 Å². The molecule has 1 aliphatic rings. The molecule has 0 saturated carbocycles. The minimum atomic E-state index is -0.150. The fourth-order valence-corrected chi connectivity index (χ4v) is 3.71. The highest BCUT2D eigenvalue weighted by Crippen LogP contribution is 2.27. The number of H-pyrrole nitrogens is 1. The van der Waals surface area contributed by atoms with Crippen molar-refractivity contribution in [1.29, 1.82) is 0 Å². The number of aromatic nitrogens is 1. The van der Waals surface area contributed by atoms with Gasteiger partial charge in [-0.3, -0.25) is 9.59 Å². The van der Waals surface area contributed by atoms with Gasteiger partial charge in [0.2, 0.25) is 5.91 Å². The summed E-state index contributed by atoms with van der Waals surface area (Å²) in [6, 6.07) is 15.5. The lowest BCUT2D eigenvalue weighted by Crippen LogP contribution is -2.35. The number of hydrogen-bond donors (Lipinski definition) is 1. The highest BCUT2D eigenvalue weighted by molar-refractivity contribution is 5.94. The number of ether oxygens (including phenoxy) is 1. The Hall–Kier alpha value is -3.08. The third-order valence-corrected chi connectivity index (χ3v) is 5.15. The van der Waals surface area contributed by atoms with Gasteiger partial charge >= 0.3 is 0 Å². The number of carbonyl (C=O) groups excluding carboxylic acids is 1. The molecule has 0 spiro atoms. The van der Waals surface area contributed by atoms with Crippen LogP contribution in [0.1, 0.15) is 24.0 Å². The lowest BCUT2D eigenvalue weighted by molar-refractivity contribution is -0.118. The number of carbonyl (C=O) groups is 1. The number of benzene rings is 2. The molecule has 2 heterocycles. The maximum Gasteiger partial charge on any atom is 0.251 e. The van der Waals surface area contributed by atoms with E-state index in [-0.39, 0.29) is 11.5 Å². The number of nitrogens with zero attached hydrogens (tertiary/aromatic N) is 1. The van der Waals surface area contributed by atoms with Crippen molar-refractivity contribution >= 4 is 22.5 Å². The molecule has 1 N–H and O–H groups in total. The molecule has 1 aliphatic heterocycles. The van der Waals surface area contributed by atoms with E-state index >= 15 is 0 Å². The molecular formula is C22H22N2O3. The molecule has 5 heteroatoms. The van der Waals surface area contributed by atoms with Crippen molar-refractivity contribution < 1.29 is 9.53 Å². The molecule has 0 fully saturated rings. The molecule has 3 aromatic rings. The number of nitrogens with one attached hydrogen (secondary N) is 1. The average molecular weight is 362 g/mol. The third-order valence-electron chi connectivity index (χ3n) is 5.15. The summed E-state index contributed by atoms with van der Waals surface area (Å²) in [5.74, 6) is 0.765. The number of para-hydroxylation sites is 1. The summed E-state index contributed by atoms with van der Waals surface area (Å²) in [7, 11) is 1.60. The summed E-state index contributed by atoms with van der Waals surface area (Å²) < 4.78 is 5.20. The number of aryl methyl sites for hydroxylation is 2. The number of pyridine rings is 1. The lowest BCUT2D eigenvalue weighted by Gasteiger charge is -2.29. The Labute approximate surface area is 157 Å². The second-order valence-electron chi connectivity index (χ2n) is 6.85. The summed E-state index contributed by atoms with van der Waals surface area (Å²) in [6.07, 6.45) is 2.72. The van der Waals surface area contributed by atoms with Crippen molar-refractivity contribution in [3.63, 3.8) is 0 Å². The van der Waals surface area contributed by atoms with E-state index in [1.165, 1.54) is 5.56 Å². The first-order valence-corrected chi connectivity index (χ1v) is 9.24. The molecule has 5 nitrogen and oxygen atoms in total. The van der Waals surface area contributed by atoms with Crippen molar-refractivity contribution in [3.05, 3.63) is 70.0 Å². The van der Waals surface area contributed by atoms with Crippen molar-refractivity contribution in [2.75, 3.05) is 18.6 Å². The highest BCUT2D eigenvalue weighted by atomic mass is 16.5. The van der Waals surface area contributed by atoms with Crippen LogP contribution in [0.15, 0.2) is 53.3 Å². The van der Waals surface area contributed by atoms with Crippen LogP contribution in [0.5, 0.6) is 5.75 Å². The van der Waals surface area contributed by atoms with Crippen LogP contribution in [0.2, 0.25) is 0 Å². The number of amides is 1. The van der Waals surface area contributed by atoms with E-state index in [1.807, 2.05) is 41.3 Å². The Balaban J connectivity index is 1.53. The molecule has 0 atom stereocenters. The monoisotopic (exact) mass is 362 g/mol. The van der Waals surface area contributed by atoms with E-state index in [9.17, 15) is 9.59 Å². The van der Waals surface area contributed by atoms with Crippen molar-refractivity contribution in [3.8, 4) is 5.75 Å². The van der Waals surface area contributed by atoms with E-state index in [4.69, 9.17) is 4.74 Å². The molecule has 0 aliphatic carbocycles. The number of aromatic amines is 1. The van der Waals surface area contributed by atoms with E-state index in [1.54, 1.807) is 13.2 Å². The Kier molecular flexibility index (Phi) is 4.67. The van der Waals surface area contributed by atoms with Gasteiger partial charge in [-0.2, -0.15) is 0 Å². The van der Waals surface area contributed by atoms with Crippen molar-refractivity contribution in [2.45, 2.75) is 25.7 Å². The molecule has 0 unspecified atom stereocenters. The van der Waals surface area contributed by atoms with E-state index in [0.29, 0.717) is 24.2 Å². The smallest absolute Gasteiger partial charge is 0.251 e. The van der Waals surface area contributed by atoms with Gasteiger partial charge in [0.15, 0.2) is 0 Å². The third kappa shape index (κ3) is 3.45. The maximum atomic E-state index is 12.8. The predicted molar refractivity (Wildman–Crippen MR) is 107 cm³/mol. The predicted octanol–water partition coefficient (Wildman–Crippen LogP) is 3.45. The van der Waals surface area contributed by atoms with Gasteiger partial charge in [-0.25, -0.2) is 0 Å². The van der Waals surface area contributed by atoms with E-state index in [0.717, 1.165) is 36.0 Å². The van der Waals surface area contributed by atoms with Crippen LogP contribution in [-0.4, -0.2) is 24.5 Å². The molecule has 27 heavy (non-hydrogen) atoms. The molecule has 138 valence electrons. The average Bonchev–Trinajstić information content (AvgIpc) is 2.71. The first-order valence-electron chi connectivity index (χ1n) is 9.24. The van der Waals surface area contributed by atoms with E-state index < -0.39 is 0 Å². The summed E-state index contributed by atoms with van der Waals surface area (Å²) >= 11 is 0. The van der Waals surface area contributed by atoms with Crippen LogP contribution < -0.4 is 15.2 Å². The van der Waals surface area contributed by atoms with Crippen LogP contribution in [-0.2, 0) is 17.6 Å². The van der Waals surface area contributed by atoms with Gasteiger partial charge < -0.3 is 14.6 Å². The minimum absolute atomic E-state index is 0.0661. The first kappa shape index (κ1) is 17.3. The molecule has 0 bridgehead atoms. The normalized spacial score (nSPS) is 13.4. The minimum Gasteiger partial charge on any atom is -0.497 e. The Morgan fingerprint density at radius 3 is 2.89 bits per heavy atom. The van der Waals surface area contributed by atoms with Gasteiger partial charge in [0.25, 0.3) is 5.56 Å². The van der Waals surface area contributed by atoms with Gasteiger partial charge in [0.1, 0.15) is 5.75 Å². The Bertz CT molecular complexity index is 1050. The fraction of sp³-hybridized carbons (Fsp3) is 0.273. The molecular weight excluding hydrogens is 340 g/mol. The van der Waals surface area contributed by atoms with Crippen molar-refractivity contribution in [1.82, 2.24) is 4.98 Å². The van der Waals surface area contributed by atoms with Crippen LogP contribution in [0.4, 0.5) is 5.69 Å².